The molecule has 0 unspecified atom stereocenters. The largest absolute Gasteiger partial charge is 0.448 e. The number of anilines is 1. The van der Waals surface area contributed by atoms with Crippen molar-refractivity contribution in [1.82, 2.24) is 9.78 Å². The summed E-state index contributed by atoms with van der Waals surface area (Å²) >= 11 is 0. The van der Waals surface area contributed by atoms with Gasteiger partial charge in [0, 0.05) is 17.7 Å². The van der Waals surface area contributed by atoms with E-state index in [1.165, 1.54) is 17.7 Å². The van der Waals surface area contributed by atoms with Crippen LogP contribution in [0.15, 0.2) is 54.6 Å². The Labute approximate surface area is 171 Å². The molecule has 1 atom stereocenters. The highest BCUT2D eigenvalue weighted by Crippen LogP contribution is 2.39. The Kier molecular flexibility index (Phi) is 5.31. The van der Waals surface area contributed by atoms with Crippen molar-refractivity contribution in [2.24, 2.45) is 0 Å². The molecule has 1 amide bonds. The van der Waals surface area contributed by atoms with Gasteiger partial charge in [0.1, 0.15) is 0 Å². The van der Waals surface area contributed by atoms with E-state index < -0.39 is 29.6 Å². The molecule has 1 aliphatic rings. The molecule has 0 aliphatic heterocycles. The molecule has 0 spiro atoms. The molecule has 3 aromatic rings. The maximum Gasteiger partial charge on any atom is 0.357 e. The lowest BCUT2D eigenvalue weighted by molar-refractivity contribution is -0.123. The Bertz CT molecular complexity index is 1090. The van der Waals surface area contributed by atoms with Crippen molar-refractivity contribution >= 4 is 17.6 Å². The number of nitrogens with one attached hydrogen (secondary N) is 1. The van der Waals surface area contributed by atoms with E-state index in [0.29, 0.717) is 11.6 Å². The van der Waals surface area contributed by atoms with E-state index in [1.807, 2.05) is 30.3 Å². The van der Waals surface area contributed by atoms with Gasteiger partial charge in [-0.25, -0.2) is 18.3 Å². The quantitative estimate of drug-likeness (QED) is 0.617. The number of carbonyl (C=O) groups excluding carboxylic acids is 2. The molecule has 1 aliphatic carbocycles. The number of carbonyl (C=O) groups is 2. The van der Waals surface area contributed by atoms with Gasteiger partial charge in [0.15, 0.2) is 23.4 Å². The van der Waals surface area contributed by atoms with Crippen molar-refractivity contribution in [2.45, 2.75) is 31.8 Å². The normalized spacial score (nSPS) is 14.2. The fraction of sp³-hybridized carbons (Fsp3) is 0.227. The molecule has 6 nitrogen and oxygen atoms in total. The highest BCUT2D eigenvalue weighted by molar-refractivity contribution is 5.97. The second-order valence-corrected chi connectivity index (χ2v) is 7.14. The standard InChI is InChI=1S/C22H19F2N3O3/c1-13(21(28)25-15-9-10-17(23)18(24)11-15)30-22(29)20-12-19(14-7-8-14)26-27(20)16-5-3-2-4-6-16/h2-6,9-14H,7-8H2,1H3,(H,25,28)/t13-/m1/s1. The van der Waals surface area contributed by atoms with E-state index in [-0.39, 0.29) is 11.4 Å². The van der Waals surface area contributed by atoms with Crippen LogP contribution >= 0.6 is 0 Å². The maximum atomic E-state index is 13.3. The molecule has 4 rings (SSSR count). The Balaban J connectivity index is 1.50. The Morgan fingerprint density at radius 1 is 1.10 bits per heavy atom. The summed E-state index contributed by atoms with van der Waals surface area (Å²) in [6.45, 7) is 1.40. The van der Waals surface area contributed by atoms with Gasteiger partial charge in [-0.2, -0.15) is 5.10 Å². The minimum atomic E-state index is -1.16. The van der Waals surface area contributed by atoms with Crippen molar-refractivity contribution in [3.63, 3.8) is 0 Å². The van der Waals surface area contributed by atoms with Gasteiger partial charge in [-0.15, -0.1) is 0 Å². The van der Waals surface area contributed by atoms with Crippen LogP contribution in [0.1, 0.15) is 41.9 Å². The molecule has 8 heteroatoms. The molecule has 1 heterocycles. The van der Waals surface area contributed by atoms with Gasteiger partial charge >= 0.3 is 5.97 Å². The number of esters is 1. The third-order valence-electron chi connectivity index (χ3n) is 4.77. The minimum Gasteiger partial charge on any atom is -0.448 e. The molecule has 1 N–H and O–H groups in total. The number of nitrogens with zero attached hydrogens (tertiary/aromatic N) is 2. The van der Waals surface area contributed by atoms with E-state index in [2.05, 4.69) is 10.4 Å². The zero-order valence-corrected chi connectivity index (χ0v) is 16.1. The second-order valence-electron chi connectivity index (χ2n) is 7.14. The Hall–Kier alpha value is -3.55. The number of amides is 1. The van der Waals surface area contributed by atoms with Crippen molar-refractivity contribution in [3.8, 4) is 5.69 Å². The van der Waals surface area contributed by atoms with E-state index >= 15 is 0 Å². The van der Waals surface area contributed by atoms with Crippen LogP contribution < -0.4 is 5.32 Å². The van der Waals surface area contributed by atoms with Crippen molar-refractivity contribution in [2.75, 3.05) is 5.32 Å². The first-order chi connectivity index (χ1) is 14.4. The van der Waals surface area contributed by atoms with Gasteiger partial charge in [0.2, 0.25) is 0 Å². The maximum absolute atomic E-state index is 13.3. The van der Waals surface area contributed by atoms with Gasteiger partial charge in [-0.1, -0.05) is 18.2 Å². The summed E-state index contributed by atoms with van der Waals surface area (Å²) in [6.07, 6.45) is 0.884. The first-order valence-corrected chi connectivity index (χ1v) is 9.54. The van der Waals surface area contributed by atoms with Crippen molar-refractivity contribution in [3.05, 3.63) is 77.6 Å². The average Bonchev–Trinajstić information content (AvgIpc) is 3.49. The predicted molar refractivity (Wildman–Crippen MR) is 105 cm³/mol. The fourth-order valence-corrected chi connectivity index (χ4v) is 2.98. The average molecular weight is 411 g/mol. The van der Waals surface area contributed by atoms with Crippen LogP contribution in [0.5, 0.6) is 0 Å². The molecule has 30 heavy (non-hydrogen) atoms. The molecule has 1 fully saturated rings. The zero-order valence-electron chi connectivity index (χ0n) is 16.1. The second kappa shape index (κ2) is 8.06. The number of rotatable bonds is 6. The monoisotopic (exact) mass is 411 g/mol. The lowest BCUT2D eigenvalue weighted by Crippen LogP contribution is -2.30. The Morgan fingerprint density at radius 2 is 1.83 bits per heavy atom. The minimum absolute atomic E-state index is 0.0622. The molecule has 0 radical (unpaired) electrons. The number of ether oxygens (including phenoxy) is 1. The number of aromatic nitrogens is 2. The summed E-state index contributed by atoms with van der Waals surface area (Å²) in [5.41, 5.74) is 1.79. The number of para-hydroxylation sites is 1. The topological polar surface area (TPSA) is 73.2 Å². The SMILES string of the molecule is C[C@@H](OC(=O)c1cc(C2CC2)nn1-c1ccccc1)C(=O)Nc1ccc(F)c(F)c1. The summed E-state index contributed by atoms with van der Waals surface area (Å²) in [7, 11) is 0. The van der Waals surface area contributed by atoms with E-state index in [4.69, 9.17) is 4.74 Å². The molecule has 1 aromatic heterocycles. The van der Waals surface area contributed by atoms with Crippen molar-refractivity contribution in [1.29, 1.82) is 0 Å². The number of benzene rings is 2. The molecular weight excluding hydrogens is 392 g/mol. The first kappa shape index (κ1) is 19.8. The highest BCUT2D eigenvalue weighted by atomic mass is 19.2. The molecule has 154 valence electrons. The van der Waals surface area contributed by atoms with Gasteiger partial charge < -0.3 is 10.1 Å². The van der Waals surface area contributed by atoms with Crippen LogP contribution in [0.3, 0.4) is 0 Å². The van der Waals surface area contributed by atoms with Gasteiger partial charge in [-0.05, 0) is 50.1 Å². The van der Waals surface area contributed by atoms with E-state index in [1.54, 1.807) is 6.07 Å². The summed E-state index contributed by atoms with van der Waals surface area (Å²) in [4.78, 5) is 25.1. The molecule has 1 saturated carbocycles. The molecular formula is C22H19F2N3O3. The van der Waals surface area contributed by atoms with Gasteiger partial charge in [0.25, 0.3) is 5.91 Å². The van der Waals surface area contributed by atoms with Crippen LogP contribution in [0.4, 0.5) is 14.5 Å². The fourth-order valence-electron chi connectivity index (χ4n) is 2.98. The highest BCUT2D eigenvalue weighted by Gasteiger charge is 2.30. The third kappa shape index (κ3) is 4.22. The predicted octanol–water partition coefficient (Wildman–Crippen LogP) is 4.21. The lowest BCUT2D eigenvalue weighted by Gasteiger charge is -2.14. The van der Waals surface area contributed by atoms with E-state index in [9.17, 15) is 18.4 Å². The number of hydrogen-bond donors (Lipinski definition) is 1. The summed E-state index contributed by atoms with van der Waals surface area (Å²) < 4.78 is 33.2. The summed E-state index contributed by atoms with van der Waals surface area (Å²) in [6, 6.07) is 13.8. The summed E-state index contributed by atoms with van der Waals surface area (Å²) in [5.74, 6) is -3.14. The number of hydrogen-bond acceptors (Lipinski definition) is 4. The summed E-state index contributed by atoms with van der Waals surface area (Å²) in [5, 5.41) is 6.94. The van der Waals surface area contributed by atoms with Crippen LogP contribution in [-0.4, -0.2) is 27.8 Å². The van der Waals surface area contributed by atoms with Gasteiger partial charge in [-0.3, -0.25) is 4.79 Å². The Morgan fingerprint density at radius 3 is 2.50 bits per heavy atom. The van der Waals surface area contributed by atoms with Crippen LogP contribution in [0.2, 0.25) is 0 Å². The van der Waals surface area contributed by atoms with Gasteiger partial charge in [0.05, 0.1) is 11.4 Å². The van der Waals surface area contributed by atoms with E-state index in [0.717, 1.165) is 30.7 Å². The molecule has 0 saturated heterocycles. The number of halogens is 2. The van der Waals surface area contributed by atoms with Crippen LogP contribution in [0, 0.1) is 11.6 Å². The van der Waals surface area contributed by atoms with Crippen LogP contribution in [-0.2, 0) is 9.53 Å². The lowest BCUT2D eigenvalue weighted by atomic mass is 10.2. The molecule has 0 bridgehead atoms. The zero-order chi connectivity index (χ0) is 21.3. The van der Waals surface area contributed by atoms with Crippen LogP contribution in [0.25, 0.3) is 5.69 Å². The molecule has 2 aromatic carbocycles. The van der Waals surface area contributed by atoms with Crippen molar-refractivity contribution < 1.29 is 23.1 Å². The third-order valence-corrected chi connectivity index (χ3v) is 4.77. The first-order valence-electron chi connectivity index (χ1n) is 9.54. The smallest absolute Gasteiger partial charge is 0.357 e.